The van der Waals surface area contributed by atoms with E-state index in [4.69, 9.17) is 0 Å². The van der Waals surface area contributed by atoms with Crippen molar-refractivity contribution in [1.82, 2.24) is 0 Å². The normalized spacial score (nSPS) is 17.8. The molecule has 2 unspecified atom stereocenters. The Morgan fingerprint density at radius 2 is 0.960 bits per heavy atom. The molecule has 1 aliphatic heterocycles. The number of allylic oxidation sites excluding steroid dienone is 2. The van der Waals surface area contributed by atoms with Gasteiger partial charge in [-0.05, 0) is 0 Å². The number of hydrogen-bond donors (Lipinski definition) is 0. The van der Waals surface area contributed by atoms with Crippen LogP contribution >= 0.6 is 0 Å². The number of benzene rings is 4. The van der Waals surface area contributed by atoms with Crippen molar-refractivity contribution in [2.45, 2.75) is 114 Å². The van der Waals surface area contributed by atoms with Crippen LogP contribution in [0.25, 0.3) is 34.4 Å². The van der Waals surface area contributed by atoms with Crippen LogP contribution in [0.5, 0.6) is 0 Å². The standard InChI is InChI=1S/2C22H25.C3H6.2ClH.Zr/c2*1-4-5-7-17-14-20-8-6-9-21(22(20)15-17)19-12-10-18(11-13-19)16(2)3;1-3-2;;;/h2*6,8-16H,4-5,7H2,1-3H3;1-3H2;2*1H;/q;;;;;+2/p-2. The third-order valence-electron chi connectivity index (χ3n) is 12.2. The quantitative estimate of drug-likeness (QED) is 0.135. The van der Waals surface area contributed by atoms with Crippen LogP contribution in [0.3, 0.4) is 0 Å². The van der Waals surface area contributed by atoms with Crippen molar-refractivity contribution in [1.29, 1.82) is 0 Å². The molecule has 3 heteroatoms. The predicted octanol–water partition coefficient (Wildman–Crippen LogP) is 8.63. The fraction of sp³-hybridized carbons (Fsp3) is 0.404. The van der Waals surface area contributed by atoms with E-state index in [2.05, 4.69) is 139 Å². The van der Waals surface area contributed by atoms with Gasteiger partial charge in [0.1, 0.15) is 0 Å². The van der Waals surface area contributed by atoms with Gasteiger partial charge in [-0.15, -0.1) is 0 Å². The van der Waals surface area contributed by atoms with E-state index in [1.54, 1.807) is 33.4 Å². The van der Waals surface area contributed by atoms with Crippen LogP contribution in [-0.2, 0) is 20.3 Å². The van der Waals surface area contributed by atoms with Gasteiger partial charge in [0, 0.05) is 0 Å². The first kappa shape index (κ1) is 39.0. The molecule has 0 radical (unpaired) electrons. The van der Waals surface area contributed by atoms with E-state index in [9.17, 15) is 0 Å². The van der Waals surface area contributed by atoms with Crippen molar-refractivity contribution in [2.24, 2.45) is 0 Å². The number of hydrogen-bond acceptors (Lipinski definition) is 0. The van der Waals surface area contributed by atoms with Gasteiger partial charge in [-0.3, -0.25) is 0 Å². The van der Waals surface area contributed by atoms with Gasteiger partial charge in [0.2, 0.25) is 0 Å². The molecular weight excluding hydrogens is 727 g/mol. The molecule has 2 atom stereocenters. The number of halogens is 2. The van der Waals surface area contributed by atoms with Crippen LogP contribution in [0.4, 0.5) is 0 Å². The molecule has 4 aromatic rings. The summed E-state index contributed by atoms with van der Waals surface area (Å²) in [5.74, 6) is 1.12. The zero-order valence-corrected chi connectivity index (χ0v) is 35.1. The summed E-state index contributed by atoms with van der Waals surface area (Å²) in [5, 5.41) is 0. The van der Waals surface area contributed by atoms with Gasteiger partial charge in [0.05, 0.1) is 0 Å². The van der Waals surface area contributed by atoms with Gasteiger partial charge < -0.3 is 24.8 Å². The molecule has 0 nitrogen and oxygen atoms in total. The first-order valence-electron chi connectivity index (χ1n) is 19.2. The molecule has 1 heterocycles. The molecular formula is C47H56Cl2Zr. The third-order valence-corrected chi connectivity index (χ3v) is 27.5. The Labute approximate surface area is 320 Å². The average molecular weight is 783 g/mol. The molecule has 7 rings (SSSR count). The summed E-state index contributed by atoms with van der Waals surface area (Å²) in [4.78, 5) is 0. The van der Waals surface area contributed by atoms with Crippen molar-refractivity contribution in [3.63, 3.8) is 0 Å². The minimum atomic E-state index is -2.90. The second-order valence-electron chi connectivity index (χ2n) is 15.8. The van der Waals surface area contributed by atoms with Crippen LogP contribution in [0.1, 0.15) is 139 Å². The van der Waals surface area contributed by atoms with Crippen molar-refractivity contribution >= 4 is 12.2 Å². The Kier molecular flexibility index (Phi) is 13.0. The summed E-state index contributed by atoms with van der Waals surface area (Å²) < 4.78 is 4.44. The molecule has 0 spiro atoms. The number of unbranched alkanes of at least 4 members (excludes halogenated alkanes) is 2. The Bertz CT molecular complexity index is 1690. The Morgan fingerprint density at radius 3 is 1.28 bits per heavy atom. The maximum atomic E-state index is 2.70. The maximum absolute atomic E-state index is 2.90. The van der Waals surface area contributed by atoms with Crippen LogP contribution in [-0.4, -0.2) is 0 Å². The van der Waals surface area contributed by atoms with Crippen molar-refractivity contribution in [2.75, 3.05) is 0 Å². The molecule has 1 saturated heterocycles. The van der Waals surface area contributed by atoms with E-state index in [1.807, 2.05) is 0 Å². The van der Waals surface area contributed by atoms with Crippen molar-refractivity contribution in [3.05, 3.63) is 129 Å². The van der Waals surface area contributed by atoms with Gasteiger partial charge >= 0.3 is 298 Å². The first-order valence-corrected chi connectivity index (χ1v) is 25.5. The molecule has 0 N–H and O–H groups in total. The topological polar surface area (TPSA) is 0 Å². The second-order valence-corrected chi connectivity index (χ2v) is 27.1. The summed E-state index contributed by atoms with van der Waals surface area (Å²) >= 11 is -2.90. The molecule has 3 aliphatic rings. The van der Waals surface area contributed by atoms with Crippen LogP contribution in [0.15, 0.2) is 96.1 Å². The predicted molar refractivity (Wildman–Crippen MR) is 207 cm³/mol. The molecule has 262 valence electrons. The first-order chi connectivity index (χ1) is 23.4. The van der Waals surface area contributed by atoms with Crippen LogP contribution < -0.4 is 24.8 Å². The molecule has 1 fully saturated rings. The minimum Gasteiger partial charge on any atom is -1.00 e. The molecule has 50 heavy (non-hydrogen) atoms. The van der Waals surface area contributed by atoms with Crippen molar-refractivity contribution < 1.29 is 45.1 Å². The molecule has 0 amide bonds. The van der Waals surface area contributed by atoms with Crippen LogP contribution in [0, 0.1) is 0 Å². The van der Waals surface area contributed by atoms with Gasteiger partial charge in [0.15, 0.2) is 0 Å². The number of rotatable bonds is 12. The van der Waals surface area contributed by atoms with E-state index in [1.165, 1.54) is 86.6 Å². The van der Waals surface area contributed by atoms with Crippen LogP contribution in [0.2, 0.25) is 8.26 Å². The van der Waals surface area contributed by atoms with Crippen molar-refractivity contribution in [3.8, 4) is 22.3 Å². The summed E-state index contributed by atoms with van der Waals surface area (Å²) in [6, 6.07) is 33.6. The minimum absolute atomic E-state index is 0. The Balaban J connectivity index is 0.00000243. The van der Waals surface area contributed by atoms with E-state index in [-0.39, 0.29) is 24.8 Å². The molecule has 2 aliphatic carbocycles. The summed E-state index contributed by atoms with van der Waals surface area (Å²) in [6.07, 6.45) is 14.5. The monoisotopic (exact) mass is 780 g/mol. The van der Waals surface area contributed by atoms with Gasteiger partial charge in [-0.1, -0.05) is 0 Å². The van der Waals surface area contributed by atoms with E-state index in [0.29, 0.717) is 19.1 Å². The molecule has 0 saturated carbocycles. The number of fused-ring (bicyclic) bond motifs is 2. The summed E-state index contributed by atoms with van der Waals surface area (Å²) in [5.41, 5.74) is 18.5. The van der Waals surface area contributed by atoms with Gasteiger partial charge in [0.25, 0.3) is 0 Å². The van der Waals surface area contributed by atoms with Gasteiger partial charge in [-0.2, -0.15) is 0 Å². The second kappa shape index (κ2) is 16.7. The summed E-state index contributed by atoms with van der Waals surface area (Å²) in [7, 11) is 0. The fourth-order valence-corrected chi connectivity index (χ4v) is 25.0. The SMILES string of the molecule is CCCCC1=Cc2c(-c3ccc(C(C)C)cc3)cccc2[CH]1[Zr+2]1([CH]2C(CCCC)=Cc3c(-c4ccc(C(C)C)cc4)cccc32)[CH2]C[CH2]1.[Cl-].[Cl-]. The smallest absolute Gasteiger partial charge is 1.00 e. The maximum Gasteiger partial charge on any atom is -1.00 e. The average Bonchev–Trinajstić information content (AvgIpc) is 3.65. The van der Waals surface area contributed by atoms with Gasteiger partial charge in [-0.25, -0.2) is 0 Å². The largest absolute Gasteiger partial charge is 1.00 e. The van der Waals surface area contributed by atoms with E-state index < -0.39 is 20.3 Å². The molecule has 0 aromatic heterocycles. The van der Waals surface area contributed by atoms with E-state index in [0.717, 1.165) is 0 Å². The molecule has 4 aromatic carbocycles. The molecule has 0 bridgehead atoms. The van der Waals surface area contributed by atoms with E-state index >= 15 is 0 Å². The summed E-state index contributed by atoms with van der Waals surface area (Å²) in [6.45, 7) is 13.9. The third kappa shape index (κ3) is 7.11. The zero-order valence-electron chi connectivity index (χ0n) is 31.2. The zero-order chi connectivity index (χ0) is 33.4. The Hall–Kier alpha value is -2.18. The Morgan fingerprint density at radius 1 is 0.560 bits per heavy atom. The fourth-order valence-electron chi connectivity index (χ4n) is 9.41.